The molecule has 9 amide bonds. The number of nitrogens with one attached hydrogen (secondary N) is 8. The van der Waals surface area contributed by atoms with Gasteiger partial charge in [-0.3, -0.25) is 43.2 Å². The quantitative estimate of drug-likeness (QED) is 0.0362. The molecule has 0 radical (unpaired) electrons. The summed E-state index contributed by atoms with van der Waals surface area (Å²) < 4.78 is 5.32. The summed E-state index contributed by atoms with van der Waals surface area (Å²) in [6, 6.07) is -8.87. The average molecular weight is 878 g/mol. The Kier molecular flexibility index (Phi) is 22.6. The van der Waals surface area contributed by atoms with E-state index < -0.39 is 121 Å². The topological polar surface area (TPSA) is 365 Å². The fourth-order valence-corrected chi connectivity index (χ4v) is 6.13. The molecule has 2 heterocycles. The Labute approximate surface area is 359 Å². The summed E-state index contributed by atoms with van der Waals surface area (Å²) in [6.45, 7) is 5.35. The maximum atomic E-state index is 13.7. The lowest BCUT2D eigenvalue weighted by Crippen LogP contribution is -2.59. The third-order valence-electron chi connectivity index (χ3n) is 9.69. The number of aromatic nitrogens is 2. The van der Waals surface area contributed by atoms with Crippen LogP contribution in [0.2, 0.25) is 0 Å². The predicted molar refractivity (Wildman–Crippen MR) is 219 cm³/mol. The molecule has 0 spiro atoms. The zero-order valence-corrected chi connectivity index (χ0v) is 35.7. The van der Waals surface area contributed by atoms with Crippen LogP contribution < -0.4 is 48.7 Å². The van der Waals surface area contributed by atoms with Crippen LogP contribution in [0, 0.1) is 5.92 Å². The minimum Gasteiger partial charge on any atom is -0.461 e. The maximum absolute atomic E-state index is 13.7. The van der Waals surface area contributed by atoms with Crippen LogP contribution in [-0.2, 0) is 59.1 Å². The first-order valence-corrected chi connectivity index (χ1v) is 20.7. The second kappa shape index (κ2) is 26.9. The van der Waals surface area contributed by atoms with E-state index in [9.17, 15) is 53.1 Å². The van der Waals surface area contributed by atoms with Crippen molar-refractivity contribution in [1.82, 2.24) is 47.2 Å². The van der Waals surface area contributed by atoms with Gasteiger partial charge in [-0.05, 0) is 39.0 Å². The summed E-state index contributed by atoms with van der Waals surface area (Å²) in [6.07, 6.45) is 5.63. The first-order valence-electron chi connectivity index (χ1n) is 20.7. The van der Waals surface area contributed by atoms with E-state index >= 15 is 0 Å². The third kappa shape index (κ3) is 20.0. The number of rotatable bonds is 24. The Morgan fingerprint density at radius 3 is 1.98 bits per heavy atom. The number of esters is 1. The molecule has 0 bridgehead atoms. The average Bonchev–Trinajstić information content (AvgIpc) is 3.72. The van der Waals surface area contributed by atoms with Gasteiger partial charge in [-0.15, -0.1) is 0 Å². The lowest BCUT2D eigenvalue weighted by atomic mass is 10.0. The Morgan fingerprint density at radius 2 is 1.37 bits per heavy atom. The number of primary amides is 2. The second-order valence-electron chi connectivity index (χ2n) is 15.7. The molecule has 2 rings (SSSR count). The van der Waals surface area contributed by atoms with Gasteiger partial charge in [-0.25, -0.2) is 9.78 Å². The van der Waals surface area contributed by atoms with E-state index in [1.807, 2.05) is 0 Å². The Bertz CT molecular complexity index is 1710. The van der Waals surface area contributed by atoms with Gasteiger partial charge in [0.05, 0.1) is 19.0 Å². The lowest BCUT2D eigenvalue weighted by molar-refractivity contribution is -0.150. The van der Waals surface area contributed by atoms with Crippen molar-refractivity contribution >= 4 is 59.1 Å². The zero-order valence-electron chi connectivity index (χ0n) is 35.7. The number of hydrogen-bond acceptors (Lipinski definition) is 13. The van der Waals surface area contributed by atoms with E-state index in [4.69, 9.17) is 16.2 Å². The minimum atomic E-state index is -1.71. The molecule has 1 aliphatic rings. The van der Waals surface area contributed by atoms with Crippen molar-refractivity contribution in [2.24, 2.45) is 17.4 Å². The highest BCUT2D eigenvalue weighted by molar-refractivity contribution is 5.97. The fourth-order valence-electron chi connectivity index (χ4n) is 6.13. The molecule has 23 nitrogen and oxygen atoms in total. The van der Waals surface area contributed by atoms with Gasteiger partial charge in [0.15, 0.2) is 0 Å². The molecular formula is C39H63N11O12. The number of ether oxygens (including phenoxy) is 1. The third-order valence-corrected chi connectivity index (χ3v) is 9.69. The van der Waals surface area contributed by atoms with E-state index in [-0.39, 0.29) is 32.1 Å². The molecule has 0 aliphatic carbocycles. The monoisotopic (exact) mass is 877 g/mol. The number of carbonyl (C=O) groups excluding carboxylic acids is 10. The van der Waals surface area contributed by atoms with E-state index in [0.717, 1.165) is 32.1 Å². The van der Waals surface area contributed by atoms with Crippen LogP contribution >= 0.6 is 0 Å². The molecule has 23 heteroatoms. The summed E-state index contributed by atoms with van der Waals surface area (Å²) in [7, 11) is 0. The predicted octanol–water partition coefficient (Wildman–Crippen LogP) is -3.15. The number of hydrogen-bond donors (Lipinski definition) is 11. The largest absolute Gasteiger partial charge is 0.461 e. The second-order valence-corrected chi connectivity index (χ2v) is 15.7. The molecule has 1 saturated heterocycles. The van der Waals surface area contributed by atoms with Gasteiger partial charge < -0.3 is 63.5 Å². The molecule has 0 unspecified atom stereocenters. The molecule has 7 atom stereocenters. The van der Waals surface area contributed by atoms with Gasteiger partial charge in [0.25, 0.3) is 0 Å². The number of amides is 9. The maximum Gasteiger partial charge on any atom is 0.328 e. The number of aliphatic hydroxyl groups excluding tert-OH is 1. The van der Waals surface area contributed by atoms with E-state index in [2.05, 4.69) is 61.0 Å². The number of aliphatic hydroxyl groups is 1. The Morgan fingerprint density at radius 1 is 0.774 bits per heavy atom. The Balaban J connectivity index is 2.15. The van der Waals surface area contributed by atoms with Crippen molar-refractivity contribution in [1.29, 1.82) is 0 Å². The smallest absolute Gasteiger partial charge is 0.328 e. The summed E-state index contributed by atoms with van der Waals surface area (Å²) in [5.74, 6) is -8.16. The Hall–Kier alpha value is -6.13. The molecule has 1 fully saturated rings. The standard InChI is InChI=1S/C39H63N11O12/c1-21(2)10-8-6-5-7-9-11-31(54)50-33(23(4)51)38(60)43-18-32(55)45-22(3)34(56)49-28-19-62-39(61)26(13-15-30(41)53)47-35(57)25(12-14-29(40)52)46-36(58)27(48-37(28)59)16-24-17-42-20-44-24/h17,20-23,25-28,33,51H,5-16,18-19H2,1-4H3,(H2,40,52)(H2,41,53)(H,42,44)(H,43,60)(H,45,55)(H,46,58)(H,47,57)(H,48,59)(H,49,56)(H,50,54)/t22-,23+,25-,26-,27-,28-,33-/m0/s1. The number of nitrogens with two attached hydrogens (primary N) is 2. The number of aromatic amines is 1. The van der Waals surface area contributed by atoms with Gasteiger partial charge >= 0.3 is 5.97 Å². The number of H-pyrrole nitrogens is 1. The van der Waals surface area contributed by atoms with Crippen molar-refractivity contribution in [2.75, 3.05) is 13.2 Å². The van der Waals surface area contributed by atoms with Crippen LogP contribution in [0.4, 0.5) is 0 Å². The summed E-state index contributed by atoms with van der Waals surface area (Å²) >= 11 is 0. The minimum absolute atomic E-state index is 0.148. The number of imidazole rings is 1. The summed E-state index contributed by atoms with van der Waals surface area (Å²) in [5.41, 5.74) is 10.9. The van der Waals surface area contributed by atoms with Crippen molar-refractivity contribution in [3.8, 4) is 0 Å². The number of cyclic esters (lactones) is 1. The molecule has 1 aromatic heterocycles. The van der Waals surface area contributed by atoms with Crippen LogP contribution in [0.15, 0.2) is 12.5 Å². The molecule has 346 valence electrons. The van der Waals surface area contributed by atoms with Crippen molar-refractivity contribution in [2.45, 2.75) is 147 Å². The van der Waals surface area contributed by atoms with E-state index in [1.54, 1.807) is 0 Å². The lowest BCUT2D eigenvalue weighted by Gasteiger charge is -2.25. The number of carbonyl (C=O) groups is 10. The fraction of sp³-hybridized carbons (Fsp3) is 0.667. The van der Waals surface area contributed by atoms with Gasteiger partial charge in [0.2, 0.25) is 53.2 Å². The normalized spacial score (nSPS) is 20.0. The molecule has 1 aliphatic heterocycles. The molecule has 0 aromatic carbocycles. The molecular weight excluding hydrogens is 814 g/mol. The highest BCUT2D eigenvalue weighted by Gasteiger charge is 2.35. The van der Waals surface area contributed by atoms with Crippen LogP contribution in [0.5, 0.6) is 0 Å². The van der Waals surface area contributed by atoms with Crippen LogP contribution in [0.3, 0.4) is 0 Å². The van der Waals surface area contributed by atoms with Gasteiger partial charge in [-0.1, -0.05) is 46.0 Å². The highest BCUT2D eigenvalue weighted by atomic mass is 16.5. The molecule has 62 heavy (non-hydrogen) atoms. The number of unbranched alkanes of at least 4 members (excludes halogenated alkanes) is 4. The zero-order chi connectivity index (χ0) is 46.4. The van der Waals surface area contributed by atoms with Crippen LogP contribution in [0.25, 0.3) is 0 Å². The SMILES string of the molecule is CC(C)CCCCCCCC(=O)N[C@H](C(=O)NCC(=O)N[C@@H](C)C(=O)N[C@H]1COC(=O)[C@H](CCC(N)=O)NC(=O)[C@H](CCC(N)=O)NC(=O)[C@H](Cc2cnc[nH]2)NC1=O)[C@@H](C)O. The van der Waals surface area contributed by atoms with Crippen molar-refractivity contribution < 1.29 is 57.8 Å². The van der Waals surface area contributed by atoms with E-state index in [0.29, 0.717) is 18.0 Å². The summed E-state index contributed by atoms with van der Waals surface area (Å²) in [4.78, 5) is 135. The number of nitrogens with zero attached hydrogens (tertiary/aromatic N) is 1. The van der Waals surface area contributed by atoms with Crippen molar-refractivity contribution in [3.05, 3.63) is 18.2 Å². The summed E-state index contributed by atoms with van der Waals surface area (Å²) in [5, 5.41) is 27.0. The molecule has 13 N–H and O–H groups in total. The van der Waals surface area contributed by atoms with E-state index in [1.165, 1.54) is 26.4 Å². The van der Waals surface area contributed by atoms with Gasteiger partial charge in [0, 0.05) is 37.6 Å². The first-order chi connectivity index (χ1) is 29.3. The van der Waals surface area contributed by atoms with Gasteiger partial charge in [-0.2, -0.15) is 0 Å². The first kappa shape index (κ1) is 52.0. The molecule has 0 saturated carbocycles. The van der Waals surface area contributed by atoms with Crippen molar-refractivity contribution in [3.63, 3.8) is 0 Å². The van der Waals surface area contributed by atoms with Crippen LogP contribution in [-0.4, -0.2) is 130 Å². The van der Waals surface area contributed by atoms with Gasteiger partial charge in [0.1, 0.15) is 42.9 Å². The molecule has 1 aromatic rings. The highest BCUT2D eigenvalue weighted by Crippen LogP contribution is 2.12. The van der Waals surface area contributed by atoms with Crippen LogP contribution in [0.1, 0.15) is 104 Å².